The highest BCUT2D eigenvalue weighted by Crippen LogP contribution is 2.28. The lowest BCUT2D eigenvalue weighted by molar-refractivity contribution is -0.132. The smallest absolute Gasteiger partial charge is 0.254 e. The molecule has 0 radical (unpaired) electrons. The number of rotatable bonds is 15. The monoisotopic (exact) mass is 570 g/mol. The molecule has 4 rings (SSSR count). The lowest BCUT2D eigenvalue weighted by Gasteiger charge is -2.27. The van der Waals surface area contributed by atoms with Crippen LogP contribution < -0.4 is 9.47 Å². The Hall–Kier alpha value is -4.56. The molecule has 0 saturated carbocycles. The molecule has 220 valence electrons. The van der Waals surface area contributed by atoms with E-state index in [9.17, 15) is 9.59 Å². The van der Waals surface area contributed by atoms with E-state index in [1.54, 1.807) is 43.5 Å². The highest BCUT2D eigenvalue weighted by Gasteiger charge is 2.23. The first kappa shape index (κ1) is 30.4. The maximum Gasteiger partial charge on any atom is 0.254 e. The summed E-state index contributed by atoms with van der Waals surface area (Å²) in [6, 6.07) is 26.9. The summed E-state index contributed by atoms with van der Waals surface area (Å²) in [5, 5.41) is 0. The summed E-state index contributed by atoms with van der Waals surface area (Å²) in [6.45, 7) is 1.55. The van der Waals surface area contributed by atoms with Crippen LogP contribution in [-0.4, -0.2) is 69.2 Å². The second-order valence-corrected chi connectivity index (χ2v) is 9.85. The van der Waals surface area contributed by atoms with Crippen molar-refractivity contribution in [3.63, 3.8) is 0 Å². The molecule has 0 aliphatic rings. The van der Waals surface area contributed by atoms with Crippen molar-refractivity contribution in [3.05, 3.63) is 108 Å². The van der Waals surface area contributed by atoms with Crippen LogP contribution in [0.15, 0.2) is 95.6 Å². The Morgan fingerprint density at radius 3 is 2.17 bits per heavy atom. The minimum absolute atomic E-state index is 0.0599. The fraction of sp³-hybridized carbons (Fsp3) is 0.294. The maximum absolute atomic E-state index is 13.7. The molecule has 0 aliphatic heterocycles. The number of furan rings is 1. The van der Waals surface area contributed by atoms with Gasteiger partial charge in [0.1, 0.15) is 12.3 Å². The SMILES string of the molecule is COCCCN(CC(=O)N(CCc1ccc(OC)c(OC)c1)Cc1ccco1)C(=O)c1ccc(-c2ccccc2)cc1. The van der Waals surface area contributed by atoms with Crippen molar-refractivity contribution in [3.8, 4) is 22.6 Å². The zero-order valence-electron chi connectivity index (χ0n) is 24.5. The Bertz CT molecular complexity index is 1400. The molecule has 3 aromatic carbocycles. The molecule has 0 fully saturated rings. The van der Waals surface area contributed by atoms with Crippen LogP contribution in [0.5, 0.6) is 11.5 Å². The zero-order chi connectivity index (χ0) is 29.7. The number of amides is 2. The van der Waals surface area contributed by atoms with E-state index in [1.807, 2.05) is 78.9 Å². The molecule has 1 aromatic heterocycles. The minimum atomic E-state index is -0.197. The fourth-order valence-corrected chi connectivity index (χ4v) is 4.72. The number of carbonyl (C=O) groups is 2. The van der Waals surface area contributed by atoms with Crippen molar-refractivity contribution >= 4 is 11.8 Å². The number of methoxy groups -OCH3 is 3. The van der Waals surface area contributed by atoms with Gasteiger partial charge in [0.15, 0.2) is 11.5 Å². The van der Waals surface area contributed by atoms with Crippen LogP contribution in [-0.2, 0) is 22.5 Å². The third-order valence-corrected chi connectivity index (χ3v) is 7.03. The summed E-state index contributed by atoms with van der Waals surface area (Å²) in [7, 11) is 4.82. The van der Waals surface area contributed by atoms with Gasteiger partial charge >= 0.3 is 0 Å². The van der Waals surface area contributed by atoms with Crippen LogP contribution in [0, 0.1) is 0 Å². The number of hydrogen-bond donors (Lipinski definition) is 0. The van der Waals surface area contributed by atoms with Gasteiger partial charge in [-0.25, -0.2) is 0 Å². The number of benzene rings is 3. The van der Waals surface area contributed by atoms with E-state index in [0.717, 1.165) is 16.7 Å². The molecule has 0 unspecified atom stereocenters. The summed E-state index contributed by atoms with van der Waals surface area (Å²) in [4.78, 5) is 30.7. The van der Waals surface area contributed by atoms with E-state index in [4.69, 9.17) is 18.6 Å². The van der Waals surface area contributed by atoms with Crippen LogP contribution in [0.2, 0.25) is 0 Å². The van der Waals surface area contributed by atoms with E-state index in [2.05, 4.69) is 0 Å². The molecule has 2 amide bonds. The topological polar surface area (TPSA) is 81.5 Å². The van der Waals surface area contributed by atoms with Crippen molar-refractivity contribution in [2.75, 3.05) is 47.6 Å². The number of hydrogen-bond acceptors (Lipinski definition) is 6. The molecule has 4 aromatic rings. The molecule has 42 heavy (non-hydrogen) atoms. The van der Waals surface area contributed by atoms with E-state index in [-0.39, 0.29) is 18.4 Å². The lowest BCUT2D eigenvalue weighted by atomic mass is 10.0. The highest BCUT2D eigenvalue weighted by atomic mass is 16.5. The van der Waals surface area contributed by atoms with Crippen molar-refractivity contribution in [2.45, 2.75) is 19.4 Å². The summed E-state index contributed by atoms with van der Waals surface area (Å²) in [5.41, 5.74) is 3.62. The second-order valence-electron chi connectivity index (χ2n) is 9.85. The first-order chi connectivity index (χ1) is 20.5. The number of ether oxygens (including phenoxy) is 3. The molecule has 0 N–H and O–H groups in total. The molecule has 0 aliphatic carbocycles. The maximum atomic E-state index is 13.7. The largest absolute Gasteiger partial charge is 0.493 e. The quantitative estimate of drug-likeness (QED) is 0.170. The van der Waals surface area contributed by atoms with Crippen LogP contribution in [0.3, 0.4) is 0 Å². The highest BCUT2D eigenvalue weighted by molar-refractivity contribution is 5.97. The molecule has 0 atom stereocenters. The van der Waals surface area contributed by atoms with Crippen molar-refractivity contribution in [1.29, 1.82) is 0 Å². The zero-order valence-corrected chi connectivity index (χ0v) is 24.5. The van der Waals surface area contributed by atoms with Crippen molar-refractivity contribution in [2.24, 2.45) is 0 Å². The summed E-state index contributed by atoms with van der Waals surface area (Å²) >= 11 is 0. The van der Waals surface area contributed by atoms with Gasteiger partial charge in [-0.1, -0.05) is 48.5 Å². The van der Waals surface area contributed by atoms with Crippen LogP contribution in [0.25, 0.3) is 11.1 Å². The van der Waals surface area contributed by atoms with Crippen LogP contribution in [0.1, 0.15) is 28.1 Å². The van der Waals surface area contributed by atoms with Gasteiger partial charge in [-0.3, -0.25) is 9.59 Å². The summed E-state index contributed by atoms with van der Waals surface area (Å²) in [6.07, 6.45) is 2.79. The summed E-state index contributed by atoms with van der Waals surface area (Å²) in [5.74, 6) is 1.58. The Morgan fingerprint density at radius 1 is 0.762 bits per heavy atom. The van der Waals surface area contributed by atoms with Crippen LogP contribution >= 0.6 is 0 Å². The van der Waals surface area contributed by atoms with E-state index in [0.29, 0.717) is 61.9 Å². The van der Waals surface area contributed by atoms with E-state index in [1.165, 1.54) is 0 Å². The van der Waals surface area contributed by atoms with Gasteiger partial charge in [0.25, 0.3) is 5.91 Å². The molecule has 0 spiro atoms. The molecule has 8 heteroatoms. The Labute approximate surface area is 247 Å². The Morgan fingerprint density at radius 2 is 1.50 bits per heavy atom. The van der Waals surface area contributed by atoms with Crippen molar-refractivity contribution in [1.82, 2.24) is 9.80 Å². The first-order valence-corrected chi connectivity index (χ1v) is 14.0. The number of carbonyl (C=O) groups excluding carboxylic acids is 2. The molecule has 0 saturated heterocycles. The predicted octanol–water partition coefficient (Wildman–Crippen LogP) is 5.71. The van der Waals surface area contributed by atoms with Gasteiger partial charge in [0.2, 0.25) is 5.91 Å². The van der Waals surface area contributed by atoms with Gasteiger partial charge < -0.3 is 28.4 Å². The standard InChI is InChI=1S/C34H38N2O6/c1-39-21-8-19-36(34(38)29-15-13-28(14-16-29)27-9-5-4-6-10-27)25-33(37)35(24-30-11-7-22-42-30)20-18-26-12-17-31(40-2)32(23-26)41-3/h4-7,9-17,22-23H,8,18-21,24-25H2,1-3H3. The Balaban J connectivity index is 1.50. The van der Waals surface area contributed by atoms with Gasteiger partial charge in [-0.2, -0.15) is 0 Å². The van der Waals surface area contributed by atoms with Gasteiger partial charge in [-0.05, 0) is 65.9 Å². The van der Waals surface area contributed by atoms with E-state index < -0.39 is 0 Å². The lowest BCUT2D eigenvalue weighted by Crippen LogP contribution is -2.44. The van der Waals surface area contributed by atoms with Gasteiger partial charge in [0, 0.05) is 32.4 Å². The average molecular weight is 571 g/mol. The third kappa shape index (κ3) is 8.24. The van der Waals surface area contributed by atoms with Crippen LogP contribution in [0.4, 0.5) is 0 Å². The van der Waals surface area contributed by atoms with E-state index >= 15 is 0 Å². The molecular weight excluding hydrogens is 532 g/mol. The molecular formula is C34H38N2O6. The third-order valence-electron chi connectivity index (χ3n) is 7.03. The normalized spacial score (nSPS) is 10.7. The summed E-state index contributed by atoms with van der Waals surface area (Å²) < 4.78 is 21.6. The van der Waals surface area contributed by atoms with Gasteiger partial charge in [0.05, 0.1) is 27.0 Å². The molecule has 1 heterocycles. The molecule has 8 nitrogen and oxygen atoms in total. The second kappa shape index (κ2) is 15.4. The van der Waals surface area contributed by atoms with Gasteiger partial charge in [-0.15, -0.1) is 0 Å². The van der Waals surface area contributed by atoms with Crippen molar-refractivity contribution < 1.29 is 28.2 Å². The minimum Gasteiger partial charge on any atom is -0.493 e. The molecule has 0 bridgehead atoms. The Kier molecular flexibility index (Phi) is 11.2. The predicted molar refractivity (Wildman–Crippen MR) is 162 cm³/mol. The first-order valence-electron chi connectivity index (χ1n) is 14.0. The fourth-order valence-electron chi connectivity index (χ4n) is 4.72. The average Bonchev–Trinajstić information content (AvgIpc) is 3.56. The number of nitrogens with zero attached hydrogens (tertiary/aromatic N) is 2.